The van der Waals surface area contributed by atoms with Gasteiger partial charge in [0.1, 0.15) is 17.3 Å². The Bertz CT molecular complexity index is 998. The van der Waals surface area contributed by atoms with Crippen molar-refractivity contribution in [2.75, 3.05) is 12.4 Å². The molecule has 0 unspecified atom stereocenters. The van der Waals surface area contributed by atoms with Gasteiger partial charge in [0, 0.05) is 30.6 Å². The maximum atomic E-state index is 14.1. The number of rotatable bonds is 3. The Morgan fingerprint density at radius 1 is 1.17 bits per heavy atom. The van der Waals surface area contributed by atoms with Crippen LogP contribution in [-0.2, 0) is 6.54 Å². The van der Waals surface area contributed by atoms with Gasteiger partial charge in [0.25, 0.3) is 5.56 Å². The van der Waals surface area contributed by atoms with Crippen LogP contribution < -0.4 is 10.9 Å². The molecule has 0 saturated carbocycles. The van der Waals surface area contributed by atoms with E-state index in [0.717, 1.165) is 12.1 Å². The van der Waals surface area contributed by atoms with Gasteiger partial charge in [0.2, 0.25) is 5.95 Å². The third-order valence-corrected chi connectivity index (χ3v) is 3.90. The maximum Gasteiger partial charge on any atom is 0.260 e. The van der Waals surface area contributed by atoms with E-state index in [9.17, 15) is 13.6 Å². The van der Waals surface area contributed by atoms with Crippen molar-refractivity contribution < 1.29 is 8.78 Å². The van der Waals surface area contributed by atoms with E-state index in [2.05, 4.69) is 15.3 Å². The monoisotopic (exact) mass is 330 g/mol. The van der Waals surface area contributed by atoms with Crippen LogP contribution in [0.3, 0.4) is 0 Å². The number of aryl methyl sites for hydroxylation is 2. The van der Waals surface area contributed by atoms with E-state index < -0.39 is 11.6 Å². The van der Waals surface area contributed by atoms with Crippen LogP contribution in [0.25, 0.3) is 22.2 Å². The lowest BCUT2D eigenvalue weighted by molar-refractivity contribution is 0.585. The first kappa shape index (κ1) is 16.0. The van der Waals surface area contributed by atoms with Crippen molar-refractivity contribution in [2.24, 2.45) is 0 Å². The second kappa shape index (κ2) is 5.99. The molecular formula is C17H16F2N4O. The molecule has 124 valence electrons. The molecule has 1 N–H and O–H groups in total. The van der Waals surface area contributed by atoms with Crippen LogP contribution in [0.15, 0.2) is 29.1 Å². The van der Waals surface area contributed by atoms with Gasteiger partial charge in [-0.25, -0.2) is 13.8 Å². The predicted molar refractivity (Wildman–Crippen MR) is 89.1 cm³/mol. The molecular weight excluding hydrogens is 314 g/mol. The highest BCUT2D eigenvalue weighted by Crippen LogP contribution is 2.25. The molecule has 2 aromatic heterocycles. The quantitative estimate of drug-likeness (QED) is 0.802. The first-order valence-corrected chi connectivity index (χ1v) is 7.51. The van der Waals surface area contributed by atoms with E-state index >= 15 is 0 Å². The number of aromatic nitrogens is 3. The minimum Gasteiger partial charge on any atom is -0.357 e. The van der Waals surface area contributed by atoms with Crippen LogP contribution in [0.1, 0.15) is 12.6 Å². The fourth-order valence-corrected chi connectivity index (χ4v) is 2.69. The molecule has 0 fully saturated rings. The average molecular weight is 330 g/mol. The van der Waals surface area contributed by atoms with Crippen molar-refractivity contribution in [3.05, 3.63) is 51.9 Å². The number of nitrogens with zero attached hydrogens (tertiary/aromatic N) is 3. The van der Waals surface area contributed by atoms with E-state index in [0.29, 0.717) is 29.2 Å². The Morgan fingerprint density at radius 2 is 1.92 bits per heavy atom. The second-order valence-corrected chi connectivity index (χ2v) is 5.35. The molecule has 0 aliphatic rings. The van der Waals surface area contributed by atoms with Crippen LogP contribution >= 0.6 is 0 Å². The van der Waals surface area contributed by atoms with Crippen molar-refractivity contribution in [3.8, 4) is 11.1 Å². The van der Waals surface area contributed by atoms with Gasteiger partial charge in [-0.2, -0.15) is 4.98 Å². The summed E-state index contributed by atoms with van der Waals surface area (Å²) < 4.78 is 28.8. The third kappa shape index (κ3) is 2.51. The van der Waals surface area contributed by atoms with Gasteiger partial charge >= 0.3 is 0 Å². The first-order chi connectivity index (χ1) is 11.5. The Kier molecular flexibility index (Phi) is 4.01. The molecule has 0 aliphatic heterocycles. The number of benzene rings is 1. The minimum atomic E-state index is -0.778. The van der Waals surface area contributed by atoms with Gasteiger partial charge in [0.05, 0.1) is 11.3 Å². The first-order valence-electron chi connectivity index (χ1n) is 7.51. The Labute approximate surface area is 137 Å². The molecule has 0 atom stereocenters. The maximum absolute atomic E-state index is 14.1. The molecule has 0 bridgehead atoms. The Balaban J connectivity index is 2.41. The highest BCUT2D eigenvalue weighted by molar-refractivity contribution is 5.84. The fraction of sp³-hybridized carbons (Fsp3) is 0.235. The summed E-state index contributed by atoms with van der Waals surface area (Å²) >= 11 is 0. The summed E-state index contributed by atoms with van der Waals surface area (Å²) in [6.07, 6.45) is 0. The summed E-state index contributed by atoms with van der Waals surface area (Å²) in [6.45, 7) is 3.97. The number of fused-ring (bicyclic) bond motifs is 1. The van der Waals surface area contributed by atoms with E-state index in [-0.39, 0.29) is 16.7 Å². The lowest BCUT2D eigenvalue weighted by Gasteiger charge is -2.13. The van der Waals surface area contributed by atoms with E-state index in [1.807, 2.05) is 6.92 Å². The molecule has 7 heteroatoms. The van der Waals surface area contributed by atoms with Crippen molar-refractivity contribution in [3.63, 3.8) is 0 Å². The van der Waals surface area contributed by atoms with Crippen molar-refractivity contribution in [1.29, 1.82) is 0 Å². The van der Waals surface area contributed by atoms with E-state index in [1.165, 1.54) is 10.6 Å². The van der Waals surface area contributed by atoms with Crippen LogP contribution in [-0.4, -0.2) is 21.6 Å². The molecule has 24 heavy (non-hydrogen) atoms. The predicted octanol–water partition coefficient (Wildman–Crippen LogP) is 3.11. The summed E-state index contributed by atoms with van der Waals surface area (Å²) in [5.74, 6) is -1.06. The zero-order valence-corrected chi connectivity index (χ0v) is 13.5. The third-order valence-electron chi connectivity index (χ3n) is 3.90. The smallest absolute Gasteiger partial charge is 0.260 e. The summed E-state index contributed by atoms with van der Waals surface area (Å²) in [4.78, 5) is 21.4. The molecule has 0 radical (unpaired) electrons. The Morgan fingerprint density at radius 3 is 2.54 bits per heavy atom. The van der Waals surface area contributed by atoms with Crippen LogP contribution in [0, 0.1) is 18.6 Å². The number of pyridine rings is 1. The normalized spacial score (nSPS) is 11.0. The number of hydrogen-bond donors (Lipinski definition) is 1. The second-order valence-electron chi connectivity index (χ2n) is 5.35. The highest BCUT2D eigenvalue weighted by atomic mass is 19.1. The van der Waals surface area contributed by atoms with Gasteiger partial charge < -0.3 is 5.32 Å². The van der Waals surface area contributed by atoms with E-state index in [4.69, 9.17) is 0 Å². The SMILES string of the molecule is CCn1c(=O)c(-c2ccc(F)cc2F)cc2c(C)nc(NC)nc21. The van der Waals surface area contributed by atoms with E-state index in [1.54, 1.807) is 20.0 Å². The zero-order valence-electron chi connectivity index (χ0n) is 13.5. The summed E-state index contributed by atoms with van der Waals surface area (Å²) in [5.41, 5.74) is 0.977. The summed E-state index contributed by atoms with van der Waals surface area (Å²) in [6, 6.07) is 4.73. The minimum absolute atomic E-state index is 0.0580. The largest absolute Gasteiger partial charge is 0.357 e. The van der Waals surface area contributed by atoms with Crippen LogP contribution in [0.2, 0.25) is 0 Å². The molecule has 0 amide bonds. The van der Waals surface area contributed by atoms with Crippen molar-refractivity contribution in [2.45, 2.75) is 20.4 Å². The van der Waals surface area contributed by atoms with Crippen LogP contribution in [0.5, 0.6) is 0 Å². The number of halogens is 2. The standard InChI is InChI=1S/C17H16F2N4O/c1-4-23-15-12(9(2)21-17(20-3)22-15)8-13(16(23)24)11-6-5-10(18)7-14(11)19/h5-8H,4H2,1-3H3,(H,20,21,22). The van der Waals surface area contributed by atoms with Crippen LogP contribution in [0.4, 0.5) is 14.7 Å². The topological polar surface area (TPSA) is 59.8 Å². The van der Waals surface area contributed by atoms with Gasteiger partial charge in [-0.1, -0.05) is 0 Å². The van der Waals surface area contributed by atoms with Gasteiger partial charge in [-0.15, -0.1) is 0 Å². The molecule has 5 nitrogen and oxygen atoms in total. The zero-order chi connectivity index (χ0) is 17.4. The molecule has 0 aliphatic carbocycles. The molecule has 3 rings (SSSR count). The molecule has 1 aromatic carbocycles. The number of anilines is 1. The van der Waals surface area contributed by atoms with Gasteiger partial charge in [-0.3, -0.25) is 9.36 Å². The summed E-state index contributed by atoms with van der Waals surface area (Å²) in [7, 11) is 1.69. The molecule has 2 heterocycles. The van der Waals surface area contributed by atoms with Gasteiger partial charge in [-0.05, 0) is 32.0 Å². The van der Waals surface area contributed by atoms with Crippen molar-refractivity contribution >= 4 is 17.0 Å². The number of hydrogen-bond acceptors (Lipinski definition) is 4. The van der Waals surface area contributed by atoms with Gasteiger partial charge in [0.15, 0.2) is 0 Å². The Hall–Kier alpha value is -2.83. The highest BCUT2D eigenvalue weighted by Gasteiger charge is 2.17. The molecule has 3 aromatic rings. The fourth-order valence-electron chi connectivity index (χ4n) is 2.69. The lowest BCUT2D eigenvalue weighted by Crippen LogP contribution is -2.23. The average Bonchev–Trinajstić information content (AvgIpc) is 2.55. The molecule has 0 saturated heterocycles. The lowest BCUT2D eigenvalue weighted by atomic mass is 10.0. The molecule has 0 spiro atoms. The summed E-state index contributed by atoms with van der Waals surface area (Å²) in [5, 5.41) is 3.50. The number of nitrogens with one attached hydrogen (secondary N) is 1. The van der Waals surface area contributed by atoms with Crippen molar-refractivity contribution in [1.82, 2.24) is 14.5 Å².